The molecule has 3 rings (SSSR count). The predicted octanol–water partition coefficient (Wildman–Crippen LogP) is 3.86. The van der Waals surface area contributed by atoms with E-state index in [0.29, 0.717) is 5.02 Å². The van der Waals surface area contributed by atoms with Crippen LogP contribution in [0.2, 0.25) is 5.02 Å². The molecular weight excluding hydrogens is 292 g/mol. The molecule has 0 bridgehead atoms. The summed E-state index contributed by atoms with van der Waals surface area (Å²) in [6, 6.07) is 6.07. The van der Waals surface area contributed by atoms with Crippen LogP contribution in [0.15, 0.2) is 42.2 Å². The lowest BCUT2D eigenvalue weighted by Crippen LogP contribution is -2.08. The Morgan fingerprint density at radius 2 is 2.25 bits per heavy atom. The molecule has 0 fully saturated rings. The summed E-state index contributed by atoms with van der Waals surface area (Å²) in [7, 11) is 0. The number of aromatic nitrogens is 4. The van der Waals surface area contributed by atoms with Gasteiger partial charge < -0.3 is 0 Å². The predicted molar refractivity (Wildman–Crippen MR) is 81.0 cm³/mol. The average Bonchev–Trinajstić information content (AvgIpc) is 3.09. The molecular formula is C14H13ClN4S. The van der Waals surface area contributed by atoms with E-state index in [1.165, 1.54) is 0 Å². The summed E-state index contributed by atoms with van der Waals surface area (Å²) in [6.07, 6.45) is 6.09. The van der Waals surface area contributed by atoms with E-state index >= 15 is 0 Å². The Bertz CT molecular complexity index is 692. The van der Waals surface area contributed by atoms with Crippen LogP contribution in [0, 0.1) is 0 Å². The van der Waals surface area contributed by atoms with Gasteiger partial charge in [-0.15, -0.1) is 11.3 Å². The molecule has 1 atom stereocenters. The molecule has 4 nitrogen and oxygen atoms in total. The van der Waals surface area contributed by atoms with E-state index < -0.39 is 0 Å². The minimum atomic E-state index is 0.227. The summed E-state index contributed by atoms with van der Waals surface area (Å²) in [6.45, 7) is 2.10. The third-order valence-electron chi connectivity index (χ3n) is 2.97. The van der Waals surface area contributed by atoms with Gasteiger partial charge >= 0.3 is 0 Å². The Balaban J connectivity index is 1.74. The molecule has 0 saturated heterocycles. The third kappa shape index (κ3) is 2.89. The van der Waals surface area contributed by atoms with E-state index in [0.717, 1.165) is 22.8 Å². The highest BCUT2D eigenvalue weighted by Gasteiger charge is 2.11. The van der Waals surface area contributed by atoms with Crippen LogP contribution < -0.4 is 0 Å². The molecule has 0 aromatic carbocycles. The third-order valence-corrected chi connectivity index (χ3v) is 4.04. The van der Waals surface area contributed by atoms with Crippen molar-refractivity contribution in [2.45, 2.75) is 19.4 Å². The van der Waals surface area contributed by atoms with Crippen LogP contribution in [0.25, 0.3) is 11.4 Å². The van der Waals surface area contributed by atoms with Gasteiger partial charge in [0.15, 0.2) is 0 Å². The molecule has 3 aromatic heterocycles. The number of pyridine rings is 1. The lowest BCUT2D eigenvalue weighted by Gasteiger charge is -2.09. The van der Waals surface area contributed by atoms with Gasteiger partial charge in [-0.1, -0.05) is 17.7 Å². The van der Waals surface area contributed by atoms with Gasteiger partial charge in [-0.05, 0) is 19.1 Å². The Labute approximate surface area is 126 Å². The summed E-state index contributed by atoms with van der Waals surface area (Å²) in [5, 5.41) is 8.00. The molecule has 102 valence electrons. The minimum absolute atomic E-state index is 0.227. The monoisotopic (exact) mass is 304 g/mol. The van der Waals surface area contributed by atoms with Crippen molar-refractivity contribution in [1.29, 1.82) is 0 Å². The zero-order valence-electron chi connectivity index (χ0n) is 10.9. The van der Waals surface area contributed by atoms with Gasteiger partial charge in [0.05, 0.1) is 33.7 Å². The van der Waals surface area contributed by atoms with E-state index in [4.69, 9.17) is 11.6 Å². The fourth-order valence-corrected chi connectivity index (χ4v) is 2.99. The highest BCUT2D eigenvalue weighted by Crippen LogP contribution is 2.23. The van der Waals surface area contributed by atoms with Crippen molar-refractivity contribution in [1.82, 2.24) is 19.7 Å². The normalized spacial score (nSPS) is 12.5. The second-order valence-electron chi connectivity index (χ2n) is 4.53. The molecule has 0 spiro atoms. The molecule has 6 heteroatoms. The van der Waals surface area contributed by atoms with Gasteiger partial charge in [-0.3, -0.25) is 9.67 Å². The molecule has 0 aliphatic heterocycles. The number of thiazole rings is 1. The van der Waals surface area contributed by atoms with E-state index in [2.05, 4.69) is 22.0 Å². The largest absolute Gasteiger partial charge is 0.268 e. The van der Waals surface area contributed by atoms with Crippen molar-refractivity contribution >= 4 is 22.9 Å². The molecule has 3 aromatic rings. The zero-order chi connectivity index (χ0) is 13.9. The van der Waals surface area contributed by atoms with Gasteiger partial charge in [-0.25, -0.2) is 4.98 Å². The molecule has 0 N–H and O–H groups in total. The van der Waals surface area contributed by atoms with Gasteiger partial charge in [0.25, 0.3) is 0 Å². The highest BCUT2D eigenvalue weighted by atomic mass is 35.5. The van der Waals surface area contributed by atoms with Crippen LogP contribution in [0.5, 0.6) is 0 Å². The van der Waals surface area contributed by atoms with Crippen LogP contribution in [0.4, 0.5) is 0 Å². The maximum Gasteiger partial charge on any atom is 0.0998 e. The highest BCUT2D eigenvalue weighted by molar-refractivity contribution is 7.09. The minimum Gasteiger partial charge on any atom is -0.268 e. The fourth-order valence-electron chi connectivity index (χ4n) is 1.94. The van der Waals surface area contributed by atoms with Crippen molar-refractivity contribution in [2.24, 2.45) is 0 Å². The summed E-state index contributed by atoms with van der Waals surface area (Å²) >= 11 is 7.54. The molecule has 0 saturated carbocycles. The lowest BCUT2D eigenvalue weighted by atomic mass is 10.2. The molecule has 0 aliphatic rings. The van der Waals surface area contributed by atoms with Gasteiger partial charge in [0.2, 0.25) is 0 Å². The second kappa shape index (κ2) is 5.73. The zero-order valence-corrected chi connectivity index (χ0v) is 12.5. The molecule has 0 unspecified atom stereocenters. The lowest BCUT2D eigenvalue weighted by molar-refractivity contribution is 0.488. The van der Waals surface area contributed by atoms with Crippen LogP contribution in [0.3, 0.4) is 0 Å². The average molecular weight is 305 g/mol. The number of halogens is 1. The van der Waals surface area contributed by atoms with E-state index in [-0.39, 0.29) is 6.04 Å². The van der Waals surface area contributed by atoms with E-state index in [1.54, 1.807) is 23.7 Å². The summed E-state index contributed by atoms with van der Waals surface area (Å²) < 4.78 is 1.87. The Morgan fingerprint density at radius 3 is 2.95 bits per heavy atom. The summed E-state index contributed by atoms with van der Waals surface area (Å²) in [5.74, 6) is 0. The van der Waals surface area contributed by atoms with Gasteiger partial charge in [-0.2, -0.15) is 5.10 Å². The number of hydrogen-bond acceptors (Lipinski definition) is 4. The molecule has 20 heavy (non-hydrogen) atoms. The first-order valence-corrected chi connectivity index (χ1v) is 7.53. The van der Waals surface area contributed by atoms with Crippen LogP contribution in [0.1, 0.15) is 18.0 Å². The molecule has 0 amide bonds. The van der Waals surface area contributed by atoms with Crippen molar-refractivity contribution in [2.75, 3.05) is 0 Å². The second-order valence-corrected chi connectivity index (χ2v) is 5.91. The Hall–Kier alpha value is -1.72. The van der Waals surface area contributed by atoms with E-state index in [1.807, 2.05) is 34.5 Å². The van der Waals surface area contributed by atoms with Crippen LogP contribution in [-0.2, 0) is 6.42 Å². The van der Waals surface area contributed by atoms with Crippen LogP contribution >= 0.6 is 22.9 Å². The van der Waals surface area contributed by atoms with Gasteiger partial charge in [0.1, 0.15) is 0 Å². The first kappa shape index (κ1) is 13.3. The SMILES string of the molecule is C[C@H](Cc1nc(-c2ccccn2)cs1)n1cc(Cl)cn1. The van der Waals surface area contributed by atoms with Crippen molar-refractivity contribution < 1.29 is 0 Å². The standard InChI is InChI=1S/C14H13ClN4S/c1-10(19-8-11(15)7-17-19)6-14-18-13(9-20-14)12-4-2-3-5-16-12/h2-5,7-10H,6H2,1H3/t10-/m1/s1. The first-order valence-electron chi connectivity index (χ1n) is 6.28. The number of nitrogens with zero attached hydrogens (tertiary/aromatic N) is 4. The first-order chi connectivity index (χ1) is 9.72. The molecule has 0 radical (unpaired) electrons. The summed E-state index contributed by atoms with van der Waals surface area (Å²) in [5.41, 5.74) is 1.83. The van der Waals surface area contributed by atoms with Crippen LogP contribution in [-0.4, -0.2) is 19.7 Å². The Morgan fingerprint density at radius 1 is 1.35 bits per heavy atom. The van der Waals surface area contributed by atoms with Gasteiger partial charge in [0, 0.05) is 24.2 Å². The topological polar surface area (TPSA) is 43.6 Å². The van der Waals surface area contributed by atoms with Crippen molar-refractivity contribution in [3.8, 4) is 11.4 Å². The Kier molecular flexibility index (Phi) is 3.80. The quantitative estimate of drug-likeness (QED) is 0.735. The van der Waals surface area contributed by atoms with Crippen molar-refractivity contribution in [3.05, 3.63) is 52.2 Å². The summed E-state index contributed by atoms with van der Waals surface area (Å²) in [4.78, 5) is 8.95. The maximum absolute atomic E-state index is 5.89. The smallest absolute Gasteiger partial charge is 0.0998 e. The number of rotatable bonds is 4. The fraction of sp³-hybridized carbons (Fsp3) is 0.214. The van der Waals surface area contributed by atoms with E-state index in [9.17, 15) is 0 Å². The molecule has 0 aliphatic carbocycles. The van der Waals surface area contributed by atoms with Crippen molar-refractivity contribution in [3.63, 3.8) is 0 Å². The molecule has 3 heterocycles. The maximum atomic E-state index is 5.89. The number of hydrogen-bond donors (Lipinski definition) is 0.